The number of carbonyl (C=O) groups excluding carboxylic acids is 2. The number of aliphatic hydroxyl groups is 1. The van der Waals surface area contributed by atoms with Crippen molar-refractivity contribution in [2.24, 2.45) is 0 Å². The van der Waals surface area contributed by atoms with Gasteiger partial charge < -0.3 is 24.2 Å². The molecule has 3 heterocycles. The number of benzene rings is 1. The molecular weight excluding hydrogens is 444 g/mol. The molecule has 0 saturated carbocycles. The molecule has 2 saturated heterocycles. The number of hydrogen-bond donors (Lipinski definition) is 1. The van der Waals surface area contributed by atoms with E-state index in [1.807, 2.05) is 17.5 Å². The molecule has 1 aromatic heterocycles. The summed E-state index contributed by atoms with van der Waals surface area (Å²) in [6.07, 6.45) is 0.727. The first kappa shape index (κ1) is 23.3. The number of methoxy groups -OCH3 is 2. The fraction of sp³-hybridized carbons (Fsp3) is 0.417. The van der Waals surface area contributed by atoms with Crippen LogP contribution in [0.3, 0.4) is 0 Å². The van der Waals surface area contributed by atoms with Crippen LogP contribution in [-0.4, -0.2) is 80.2 Å². The van der Waals surface area contributed by atoms with Gasteiger partial charge >= 0.3 is 0 Å². The Bertz CT molecular complexity index is 1030. The van der Waals surface area contributed by atoms with E-state index in [9.17, 15) is 14.7 Å². The Hall–Kier alpha value is -2.88. The van der Waals surface area contributed by atoms with Gasteiger partial charge in [-0.25, -0.2) is 0 Å². The minimum Gasteiger partial charge on any atom is -0.507 e. The summed E-state index contributed by atoms with van der Waals surface area (Å²) in [6, 6.07) is 8.05. The number of morpholine rings is 1. The number of likely N-dealkylation sites (tertiary alicyclic amines) is 1. The van der Waals surface area contributed by atoms with Crippen LogP contribution < -0.4 is 9.47 Å². The van der Waals surface area contributed by atoms with Gasteiger partial charge in [-0.1, -0.05) is 6.07 Å². The van der Waals surface area contributed by atoms with Crippen molar-refractivity contribution in [3.63, 3.8) is 0 Å². The summed E-state index contributed by atoms with van der Waals surface area (Å²) in [5.41, 5.74) is 0.488. The lowest BCUT2D eigenvalue weighted by Gasteiger charge is -2.28. The molecule has 176 valence electrons. The number of carbonyl (C=O) groups is 2. The molecular formula is C24H28N2O6S. The third kappa shape index (κ3) is 4.75. The summed E-state index contributed by atoms with van der Waals surface area (Å²) in [6.45, 7) is 4.40. The Morgan fingerprint density at radius 2 is 1.88 bits per heavy atom. The van der Waals surface area contributed by atoms with Crippen molar-refractivity contribution in [3.05, 3.63) is 51.7 Å². The standard InChI is InChI=1S/C24H28N2O6S/c1-30-17-7-6-16(15-18(17)31-2)22(27)20-21(19-5-3-14-33-19)26(24(29)23(20)28)9-4-8-25-10-12-32-13-11-25/h3,5-7,14-15,21,27H,4,8-13H2,1-2H3/t21-/m0/s1. The van der Waals surface area contributed by atoms with E-state index >= 15 is 0 Å². The average molecular weight is 473 g/mol. The minimum absolute atomic E-state index is 0.0982. The van der Waals surface area contributed by atoms with Crippen LogP contribution in [0, 0.1) is 0 Å². The molecule has 1 amide bonds. The van der Waals surface area contributed by atoms with Crippen LogP contribution in [0.4, 0.5) is 0 Å². The van der Waals surface area contributed by atoms with Crippen molar-refractivity contribution in [2.75, 3.05) is 53.6 Å². The number of aliphatic hydroxyl groups excluding tert-OH is 1. The van der Waals surface area contributed by atoms with E-state index < -0.39 is 17.7 Å². The lowest BCUT2D eigenvalue weighted by Crippen LogP contribution is -2.38. The predicted octanol–water partition coefficient (Wildman–Crippen LogP) is 2.91. The highest BCUT2D eigenvalue weighted by Gasteiger charge is 2.46. The highest BCUT2D eigenvalue weighted by atomic mass is 32.1. The molecule has 0 radical (unpaired) electrons. The van der Waals surface area contributed by atoms with Gasteiger partial charge in [0.15, 0.2) is 11.5 Å². The minimum atomic E-state index is -0.674. The first-order chi connectivity index (χ1) is 16.0. The molecule has 33 heavy (non-hydrogen) atoms. The van der Waals surface area contributed by atoms with Crippen molar-refractivity contribution in [1.82, 2.24) is 9.80 Å². The topological polar surface area (TPSA) is 88.5 Å². The monoisotopic (exact) mass is 472 g/mol. The first-order valence-corrected chi connectivity index (χ1v) is 11.8. The van der Waals surface area contributed by atoms with E-state index in [1.165, 1.54) is 25.6 Å². The maximum Gasteiger partial charge on any atom is 0.295 e. The van der Waals surface area contributed by atoms with Crippen molar-refractivity contribution in [1.29, 1.82) is 0 Å². The van der Waals surface area contributed by atoms with Crippen molar-refractivity contribution < 1.29 is 28.9 Å². The van der Waals surface area contributed by atoms with Crippen molar-refractivity contribution in [3.8, 4) is 11.5 Å². The molecule has 1 atom stereocenters. The van der Waals surface area contributed by atoms with Gasteiger partial charge in [0.1, 0.15) is 5.76 Å². The third-order valence-corrected chi connectivity index (χ3v) is 6.91. The molecule has 0 unspecified atom stereocenters. The van der Waals surface area contributed by atoms with Gasteiger partial charge in [0.25, 0.3) is 11.7 Å². The van der Waals surface area contributed by atoms with Crippen LogP contribution in [0.15, 0.2) is 41.3 Å². The van der Waals surface area contributed by atoms with Gasteiger partial charge in [-0.3, -0.25) is 14.5 Å². The lowest BCUT2D eigenvalue weighted by molar-refractivity contribution is -0.140. The van der Waals surface area contributed by atoms with Crippen LogP contribution >= 0.6 is 11.3 Å². The fourth-order valence-corrected chi connectivity index (χ4v) is 5.13. The van der Waals surface area contributed by atoms with Gasteiger partial charge in [-0.15, -0.1) is 11.3 Å². The fourth-order valence-electron chi connectivity index (χ4n) is 4.28. The maximum absolute atomic E-state index is 13.1. The Morgan fingerprint density at radius 1 is 1.12 bits per heavy atom. The SMILES string of the molecule is COc1ccc(C(O)=C2C(=O)C(=O)N(CCCN3CCOCC3)[C@H]2c2cccs2)cc1OC. The average Bonchev–Trinajstić information content (AvgIpc) is 3.46. The summed E-state index contributed by atoms with van der Waals surface area (Å²) in [5.74, 6) is -0.547. The number of amides is 1. The summed E-state index contributed by atoms with van der Waals surface area (Å²) in [7, 11) is 3.03. The number of nitrogens with zero attached hydrogens (tertiary/aromatic N) is 2. The molecule has 8 nitrogen and oxygen atoms in total. The Labute approximate surface area is 197 Å². The Kier molecular flexibility index (Phi) is 7.32. The number of thiophene rings is 1. The van der Waals surface area contributed by atoms with Crippen LogP contribution in [0.2, 0.25) is 0 Å². The lowest BCUT2D eigenvalue weighted by atomic mass is 9.99. The van der Waals surface area contributed by atoms with Gasteiger partial charge in [0, 0.05) is 36.6 Å². The largest absolute Gasteiger partial charge is 0.507 e. The van der Waals surface area contributed by atoms with E-state index in [4.69, 9.17) is 14.2 Å². The van der Waals surface area contributed by atoms with E-state index in [1.54, 1.807) is 23.1 Å². The second-order valence-electron chi connectivity index (χ2n) is 7.89. The number of rotatable bonds is 8. The first-order valence-electron chi connectivity index (χ1n) is 10.9. The molecule has 2 aromatic rings. The Morgan fingerprint density at radius 3 is 2.55 bits per heavy atom. The molecule has 2 aliphatic heterocycles. The molecule has 1 aromatic carbocycles. The Balaban J connectivity index is 1.65. The smallest absolute Gasteiger partial charge is 0.295 e. The highest BCUT2D eigenvalue weighted by Crippen LogP contribution is 2.42. The summed E-state index contributed by atoms with van der Waals surface area (Å²) in [4.78, 5) is 30.8. The van der Waals surface area contributed by atoms with E-state index in [0.29, 0.717) is 36.8 Å². The van der Waals surface area contributed by atoms with Crippen LogP contribution in [0.5, 0.6) is 11.5 Å². The molecule has 1 N–H and O–H groups in total. The van der Waals surface area contributed by atoms with Crippen molar-refractivity contribution >= 4 is 28.8 Å². The second kappa shape index (κ2) is 10.4. The third-order valence-electron chi connectivity index (χ3n) is 5.99. The molecule has 2 fully saturated rings. The van der Waals surface area contributed by atoms with Crippen LogP contribution in [-0.2, 0) is 14.3 Å². The van der Waals surface area contributed by atoms with Gasteiger partial charge in [-0.2, -0.15) is 0 Å². The second-order valence-corrected chi connectivity index (χ2v) is 8.86. The van der Waals surface area contributed by atoms with E-state index in [0.717, 1.165) is 30.9 Å². The zero-order valence-corrected chi connectivity index (χ0v) is 19.6. The van der Waals surface area contributed by atoms with E-state index in [-0.39, 0.29) is 11.3 Å². The number of ketones is 1. The quantitative estimate of drug-likeness (QED) is 0.359. The predicted molar refractivity (Wildman–Crippen MR) is 125 cm³/mol. The molecule has 4 rings (SSSR count). The zero-order chi connectivity index (χ0) is 23.4. The number of Topliss-reactive ketones (excluding diaryl/α,β-unsaturated/α-hetero) is 1. The summed E-state index contributed by atoms with van der Waals surface area (Å²) < 4.78 is 16.0. The molecule has 0 spiro atoms. The molecule has 2 aliphatic rings. The van der Waals surface area contributed by atoms with E-state index in [2.05, 4.69) is 4.90 Å². The summed E-state index contributed by atoms with van der Waals surface area (Å²) in [5, 5.41) is 13.1. The molecule has 0 aliphatic carbocycles. The number of ether oxygens (including phenoxy) is 3. The molecule has 0 bridgehead atoms. The maximum atomic E-state index is 13.1. The van der Waals surface area contributed by atoms with Gasteiger partial charge in [0.2, 0.25) is 0 Å². The summed E-state index contributed by atoms with van der Waals surface area (Å²) >= 11 is 1.46. The highest BCUT2D eigenvalue weighted by molar-refractivity contribution is 7.10. The zero-order valence-electron chi connectivity index (χ0n) is 18.8. The van der Waals surface area contributed by atoms with Gasteiger partial charge in [-0.05, 0) is 36.1 Å². The van der Waals surface area contributed by atoms with Crippen LogP contribution in [0.25, 0.3) is 5.76 Å². The normalized spacial score (nSPS) is 20.9. The van der Waals surface area contributed by atoms with Gasteiger partial charge in [0.05, 0.1) is 39.0 Å². The van der Waals surface area contributed by atoms with Crippen LogP contribution in [0.1, 0.15) is 22.9 Å². The van der Waals surface area contributed by atoms with Crippen molar-refractivity contribution in [2.45, 2.75) is 12.5 Å². The molecule has 9 heteroatoms. The number of hydrogen-bond acceptors (Lipinski definition) is 8.